The van der Waals surface area contributed by atoms with Gasteiger partial charge in [0, 0.05) is 0 Å². The molecule has 2 saturated heterocycles. The quantitative estimate of drug-likeness (QED) is 0.730. The van der Waals surface area contributed by atoms with Crippen molar-refractivity contribution in [1.29, 1.82) is 0 Å². The number of likely N-dealkylation sites (tertiary alicyclic amines) is 1. The molecular weight excluding hydrogens is 176 g/mol. The lowest BCUT2D eigenvalue weighted by Gasteiger charge is -2.36. The molecule has 82 valence electrons. The fourth-order valence-electron chi connectivity index (χ4n) is 2.51. The Labute approximate surface area is 86.6 Å². The highest BCUT2D eigenvalue weighted by Crippen LogP contribution is 2.22. The zero-order chi connectivity index (χ0) is 9.80. The number of ether oxygens (including phenoxy) is 1. The minimum Gasteiger partial charge on any atom is -0.378 e. The van der Waals surface area contributed by atoms with Gasteiger partial charge in [0.15, 0.2) is 0 Å². The molecular formula is C11H22N2O. The van der Waals surface area contributed by atoms with Crippen molar-refractivity contribution in [3.8, 4) is 0 Å². The first-order valence-corrected chi connectivity index (χ1v) is 5.92. The van der Waals surface area contributed by atoms with Crippen molar-refractivity contribution in [1.82, 2.24) is 4.90 Å². The van der Waals surface area contributed by atoms with Crippen LogP contribution in [0.25, 0.3) is 0 Å². The zero-order valence-electron chi connectivity index (χ0n) is 8.95. The van der Waals surface area contributed by atoms with E-state index in [1.54, 1.807) is 0 Å². The maximum Gasteiger partial charge on any atom is 0.0645 e. The van der Waals surface area contributed by atoms with Crippen LogP contribution in [0.15, 0.2) is 0 Å². The summed E-state index contributed by atoms with van der Waals surface area (Å²) in [5, 5.41) is 0. The Bertz CT molecular complexity index is 171. The maximum absolute atomic E-state index is 5.61. The summed E-state index contributed by atoms with van der Waals surface area (Å²) in [4.78, 5) is 2.61. The predicted molar refractivity (Wildman–Crippen MR) is 57.2 cm³/mol. The normalized spacial score (nSPS) is 31.1. The summed E-state index contributed by atoms with van der Waals surface area (Å²) in [6.07, 6.45) is 5.28. The van der Waals surface area contributed by atoms with E-state index in [4.69, 9.17) is 10.5 Å². The van der Waals surface area contributed by atoms with E-state index in [0.29, 0.717) is 0 Å². The predicted octanol–water partition coefficient (Wildman–Crippen LogP) is 0.836. The van der Waals surface area contributed by atoms with E-state index in [-0.39, 0.29) is 0 Å². The molecule has 0 aromatic carbocycles. The molecule has 3 nitrogen and oxygen atoms in total. The molecule has 14 heavy (non-hydrogen) atoms. The first kappa shape index (κ1) is 10.4. The Balaban J connectivity index is 1.75. The molecule has 2 N–H and O–H groups in total. The summed E-state index contributed by atoms with van der Waals surface area (Å²) in [7, 11) is 0. The van der Waals surface area contributed by atoms with Crippen molar-refractivity contribution in [2.24, 2.45) is 11.7 Å². The van der Waals surface area contributed by atoms with Gasteiger partial charge in [-0.1, -0.05) is 0 Å². The van der Waals surface area contributed by atoms with E-state index in [9.17, 15) is 0 Å². The summed E-state index contributed by atoms with van der Waals surface area (Å²) in [5.41, 5.74) is 5.61. The molecule has 3 heteroatoms. The fraction of sp³-hybridized carbons (Fsp3) is 1.00. The lowest BCUT2D eigenvalue weighted by Crippen LogP contribution is -2.49. The van der Waals surface area contributed by atoms with Gasteiger partial charge in [-0.2, -0.15) is 0 Å². The van der Waals surface area contributed by atoms with Crippen molar-refractivity contribution < 1.29 is 4.74 Å². The highest BCUT2D eigenvalue weighted by molar-refractivity contribution is 4.80. The van der Waals surface area contributed by atoms with Gasteiger partial charge in [0.2, 0.25) is 0 Å². The van der Waals surface area contributed by atoms with Crippen molar-refractivity contribution in [2.45, 2.75) is 31.7 Å². The van der Waals surface area contributed by atoms with Crippen LogP contribution in [0.1, 0.15) is 25.7 Å². The van der Waals surface area contributed by atoms with Crippen LogP contribution in [0.3, 0.4) is 0 Å². The molecule has 1 atom stereocenters. The number of rotatable bonds is 3. The number of nitrogens with two attached hydrogens (primary N) is 1. The average molecular weight is 198 g/mol. The molecule has 0 aliphatic carbocycles. The number of hydrogen-bond acceptors (Lipinski definition) is 3. The van der Waals surface area contributed by atoms with Crippen LogP contribution in [0.5, 0.6) is 0 Å². The van der Waals surface area contributed by atoms with Gasteiger partial charge in [0.25, 0.3) is 0 Å². The Morgan fingerprint density at radius 1 is 1.21 bits per heavy atom. The lowest BCUT2D eigenvalue weighted by molar-refractivity contribution is -0.0639. The third-order valence-corrected chi connectivity index (χ3v) is 3.59. The standard InChI is InChI=1S/C11H22N2O/c12-5-3-10-2-1-6-13(7-4-10)11-8-14-9-11/h10-11H,1-9,12H2. The van der Waals surface area contributed by atoms with Crippen molar-refractivity contribution in [3.05, 3.63) is 0 Å². The molecule has 2 aliphatic heterocycles. The monoisotopic (exact) mass is 198 g/mol. The minimum atomic E-state index is 0.728. The zero-order valence-corrected chi connectivity index (χ0v) is 8.95. The van der Waals surface area contributed by atoms with E-state index < -0.39 is 0 Å². The smallest absolute Gasteiger partial charge is 0.0645 e. The van der Waals surface area contributed by atoms with Crippen LogP contribution in [0.2, 0.25) is 0 Å². The number of hydrogen-bond donors (Lipinski definition) is 1. The Kier molecular flexibility index (Phi) is 3.79. The van der Waals surface area contributed by atoms with Gasteiger partial charge in [0.05, 0.1) is 19.3 Å². The van der Waals surface area contributed by atoms with Crippen LogP contribution in [0, 0.1) is 5.92 Å². The van der Waals surface area contributed by atoms with Crippen molar-refractivity contribution in [3.63, 3.8) is 0 Å². The molecule has 0 radical (unpaired) electrons. The summed E-state index contributed by atoms with van der Waals surface area (Å²) in [6, 6.07) is 0.728. The minimum absolute atomic E-state index is 0.728. The van der Waals surface area contributed by atoms with Crippen LogP contribution in [-0.4, -0.2) is 43.8 Å². The highest BCUT2D eigenvalue weighted by atomic mass is 16.5. The molecule has 0 bridgehead atoms. The average Bonchev–Trinajstić information content (AvgIpc) is 2.29. The number of nitrogens with zero attached hydrogens (tertiary/aromatic N) is 1. The molecule has 0 aromatic heterocycles. The van der Waals surface area contributed by atoms with Crippen LogP contribution in [0.4, 0.5) is 0 Å². The fourth-order valence-corrected chi connectivity index (χ4v) is 2.51. The summed E-state index contributed by atoms with van der Waals surface area (Å²) < 4.78 is 5.24. The van der Waals surface area contributed by atoms with Crippen molar-refractivity contribution >= 4 is 0 Å². The Hall–Kier alpha value is -0.120. The van der Waals surface area contributed by atoms with E-state index in [2.05, 4.69) is 4.90 Å². The van der Waals surface area contributed by atoms with Gasteiger partial charge in [-0.15, -0.1) is 0 Å². The largest absolute Gasteiger partial charge is 0.378 e. The molecule has 2 fully saturated rings. The van der Waals surface area contributed by atoms with Crippen molar-refractivity contribution in [2.75, 3.05) is 32.8 Å². The van der Waals surface area contributed by atoms with E-state index in [1.807, 2.05) is 0 Å². The highest BCUT2D eigenvalue weighted by Gasteiger charge is 2.27. The third kappa shape index (κ3) is 2.47. The van der Waals surface area contributed by atoms with E-state index >= 15 is 0 Å². The molecule has 0 saturated carbocycles. The molecule has 0 aromatic rings. The van der Waals surface area contributed by atoms with Gasteiger partial charge in [-0.25, -0.2) is 0 Å². The lowest BCUT2D eigenvalue weighted by atomic mass is 9.97. The van der Waals surface area contributed by atoms with Gasteiger partial charge in [-0.3, -0.25) is 4.90 Å². The molecule has 2 rings (SSSR count). The summed E-state index contributed by atoms with van der Waals surface area (Å²) in [6.45, 7) is 5.31. The van der Waals surface area contributed by atoms with E-state index in [1.165, 1.54) is 38.8 Å². The molecule has 1 unspecified atom stereocenters. The van der Waals surface area contributed by atoms with Gasteiger partial charge in [0.1, 0.15) is 0 Å². The van der Waals surface area contributed by atoms with Gasteiger partial charge in [-0.05, 0) is 51.2 Å². The first-order chi connectivity index (χ1) is 6.90. The van der Waals surface area contributed by atoms with Crippen LogP contribution in [-0.2, 0) is 4.74 Å². The second kappa shape index (κ2) is 5.10. The van der Waals surface area contributed by atoms with Crippen LogP contribution >= 0.6 is 0 Å². The van der Waals surface area contributed by atoms with Gasteiger partial charge < -0.3 is 10.5 Å². The summed E-state index contributed by atoms with van der Waals surface area (Å²) >= 11 is 0. The first-order valence-electron chi connectivity index (χ1n) is 5.92. The molecule has 0 spiro atoms. The summed E-state index contributed by atoms with van der Waals surface area (Å²) in [5.74, 6) is 0.881. The van der Waals surface area contributed by atoms with Gasteiger partial charge >= 0.3 is 0 Å². The topological polar surface area (TPSA) is 38.5 Å². The maximum atomic E-state index is 5.61. The third-order valence-electron chi connectivity index (χ3n) is 3.59. The second-order valence-electron chi connectivity index (χ2n) is 4.60. The van der Waals surface area contributed by atoms with E-state index in [0.717, 1.165) is 31.7 Å². The molecule has 0 amide bonds. The Morgan fingerprint density at radius 3 is 2.71 bits per heavy atom. The Morgan fingerprint density at radius 2 is 2.07 bits per heavy atom. The molecule has 2 heterocycles. The molecule has 2 aliphatic rings. The SMILES string of the molecule is NCCC1CCCN(C2COC2)CC1. The second-order valence-corrected chi connectivity index (χ2v) is 4.60. The van der Waals surface area contributed by atoms with Crippen LogP contribution < -0.4 is 5.73 Å².